The fourth-order valence-electron chi connectivity index (χ4n) is 1.52. The lowest BCUT2D eigenvalue weighted by Gasteiger charge is -2.19. The molecule has 1 aromatic rings. The zero-order valence-electron chi connectivity index (χ0n) is 9.53. The smallest absolute Gasteiger partial charge is 0.0931 e. The summed E-state index contributed by atoms with van der Waals surface area (Å²) in [5.74, 6) is 0. The summed E-state index contributed by atoms with van der Waals surface area (Å²) in [5, 5.41) is 9.58. The molecule has 0 aliphatic heterocycles. The van der Waals surface area contributed by atoms with Crippen LogP contribution in [0.3, 0.4) is 0 Å². The Hall–Kier alpha value is -0.130. The normalized spacial score (nSPS) is 13.3. The van der Waals surface area contributed by atoms with Crippen molar-refractivity contribution in [2.75, 3.05) is 26.7 Å². The van der Waals surface area contributed by atoms with Crippen molar-refractivity contribution in [2.24, 2.45) is 5.73 Å². The van der Waals surface area contributed by atoms with E-state index >= 15 is 0 Å². The van der Waals surface area contributed by atoms with Gasteiger partial charge >= 0.3 is 0 Å². The van der Waals surface area contributed by atoms with Crippen LogP contribution in [0.1, 0.15) is 11.3 Å². The number of hydrogen-bond donors (Lipinski definition) is 2. The first-order chi connectivity index (χ1) is 7.61. The predicted octanol–water partition coefficient (Wildman–Crippen LogP) is 1.59. The van der Waals surface area contributed by atoms with Crippen molar-refractivity contribution in [3.63, 3.8) is 0 Å². The molecule has 1 rings (SSSR count). The van der Waals surface area contributed by atoms with E-state index in [9.17, 15) is 5.11 Å². The van der Waals surface area contributed by atoms with E-state index in [0.29, 0.717) is 19.5 Å². The monoisotopic (exact) mass is 262 g/mol. The summed E-state index contributed by atoms with van der Waals surface area (Å²) in [6, 6.07) is 3.97. The third-order valence-corrected chi connectivity index (χ3v) is 3.68. The number of thiophene rings is 1. The molecule has 0 aromatic carbocycles. The molecule has 16 heavy (non-hydrogen) atoms. The van der Waals surface area contributed by atoms with Crippen LogP contribution in [-0.4, -0.2) is 42.8 Å². The molecule has 0 amide bonds. The minimum absolute atomic E-state index is 0.318. The summed E-state index contributed by atoms with van der Waals surface area (Å²) in [6.07, 6.45) is 1.32. The fourth-order valence-corrected chi connectivity index (χ4v) is 2.60. The van der Waals surface area contributed by atoms with Crippen molar-refractivity contribution in [3.8, 4) is 0 Å². The first-order valence-corrected chi connectivity index (χ1v) is 6.62. The van der Waals surface area contributed by atoms with Gasteiger partial charge in [0.15, 0.2) is 0 Å². The van der Waals surface area contributed by atoms with Crippen LogP contribution in [0.15, 0.2) is 12.1 Å². The van der Waals surface area contributed by atoms with Gasteiger partial charge in [-0.15, -0.1) is 11.3 Å². The van der Waals surface area contributed by atoms with Crippen LogP contribution >= 0.6 is 22.9 Å². The van der Waals surface area contributed by atoms with E-state index in [1.807, 2.05) is 13.1 Å². The van der Waals surface area contributed by atoms with Gasteiger partial charge in [0.05, 0.1) is 10.4 Å². The molecule has 0 fully saturated rings. The first kappa shape index (κ1) is 13.9. The van der Waals surface area contributed by atoms with Crippen molar-refractivity contribution < 1.29 is 5.11 Å². The molecular weight excluding hydrogens is 244 g/mol. The van der Waals surface area contributed by atoms with Crippen LogP contribution in [0.5, 0.6) is 0 Å². The maximum Gasteiger partial charge on any atom is 0.0931 e. The van der Waals surface area contributed by atoms with Crippen molar-refractivity contribution in [1.29, 1.82) is 0 Å². The number of rotatable bonds is 7. The molecular formula is C11H19ClN2OS. The predicted molar refractivity (Wildman–Crippen MR) is 70.2 cm³/mol. The second-order valence-corrected chi connectivity index (χ2v) is 5.75. The van der Waals surface area contributed by atoms with E-state index < -0.39 is 0 Å². The van der Waals surface area contributed by atoms with Crippen molar-refractivity contribution >= 4 is 22.9 Å². The average Bonchev–Trinajstić information content (AvgIpc) is 2.61. The molecule has 1 aromatic heterocycles. The Balaban J connectivity index is 2.22. The van der Waals surface area contributed by atoms with Gasteiger partial charge in [-0.1, -0.05) is 11.6 Å². The molecule has 0 aliphatic rings. The average molecular weight is 263 g/mol. The largest absolute Gasteiger partial charge is 0.392 e. The highest BCUT2D eigenvalue weighted by Crippen LogP contribution is 2.21. The number of halogens is 1. The zero-order valence-corrected chi connectivity index (χ0v) is 11.1. The van der Waals surface area contributed by atoms with Crippen LogP contribution in [0.25, 0.3) is 0 Å². The van der Waals surface area contributed by atoms with Crippen molar-refractivity contribution in [2.45, 2.75) is 18.9 Å². The number of hydrogen-bond acceptors (Lipinski definition) is 4. The Kier molecular flexibility index (Phi) is 6.31. The van der Waals surface area contributed by atoms with Gasteiger partial charge in [0.25, 0.3) is 0 Å². The summed E-state index contributed by atoms with van der Waals surface area (Å²) < 4.78 is 0.834. The molecule has 1 heterocycles. The number of nitrogens with two attached hydrogens (primary N) is 1. The molecule has 5 heteroatoms. The van der Waals surface area contributed by atoms with E-state index in [2.05, 4.69) is 11.0 Å². The van der Waals surface area contributed by atoms with Gasteiger partial charge in [-0.3, -0.25) is 0 Å². The summed E-state index contributed by atoms with van der Waals surface area (Å²) in [6.45, 7) is 2.14. The van der Waals surface area contributed by atoms with E-state index in [1.165, 1.54) is 4.88 Å². The fraction of sp³-hybridized carbons (Fsp3) is 0.636. The Bertz CT molecular complexity index is 306. The molecule has 0 saturated carbocycles. The highest BCUT2D eigenvalue weighted by Gasteiger charge is 2.07. The third kappa shape index (κ3) is 5.27. The highest BCUT2D eigenvalue weighted by molar-refractivity contribution is 7.16. The third-order valence-electron chi connectivity index (χ3n) is 2.39. The summed E-state index contributed by atoms with van der Waals surface area (Å²) in [4.78, 5) is 3.40. The molecule has 0 aliphatic carbocycles. The molecule has 92 valence electrons. The molecule has 0 spiro atoms. The second-order valence-electron chi connectivity index (χ2n) is 3.95. The number of nitrogens with zero attached hydrogens (tertiary/aromatic N) is 1. The number of aliphatic hydroxyl groups excluding tert-OH is 1. The van der Waals surface area contributed by atoms with Gasteiger partial charge < -0.3 is 15.7 Å². The van der Waals surface area contributed by atoms with Gasteiger partial charge in [-0.2, -0.15) is 0 Å². The topological polar surface area (TPSA) is 49.5 Å². The molecule has 3 N–H and O–H groups in total. The molecule has 1 unspecified atom stereocenters. The maximum atomic E-state index is 9.58. The van der Waals surface area contributed by atoms with Crippen LogP contribution in [0, 0.1) is 0 Å². The van der Waals surface area contributed by atoms with Crippen LogP contribution in [-0.2, 0) is 6.42 Å². The number of aliphatic hydroxyl groups is 1. The van der Waals surface area contributed by atoms with E-state index in [0.717, 1.165) is 17.3 Å². The van der Waals surface area contributed by atoms with Gasteiger partial charge in [-0.25, -0.2) is 0 Å². The van der Waals surface area contributed by atoms with Crippen LogP contribution in [0.2, 0.25) is 4.34 Å². The van der Waals surface area contributed by atoms with Crippen molar-refractivity contribution in [3.05, 3.63) is 21.3 Å². The SMILES string of the molecule is CN(CCc1ccc(Cl)s1)CC(O)CCN. The van der Waals surface area contributed by atoms with E-state index in [4.69, 9.17) is 17.3 Å². The lowest BCUT2D eigenvalue weighted by molar-refractivity contribution is 0.120. The maximum absolute atomic E-state index is 9.58. The van der Waals surface area contributed by atoms with Gasteiger partial charge in [-0.05, 0) is 38.6 Å². The van der Waals surface area contributed by atoms with E-state index in [1.54, 1.807) is 11.3 Å². The molecule has 1 atom stereocenters. The summed E-state index contributed by atoms with van der Waals surface area (Å²) in [7, 11) is 2.01. The van der Waals surface area contributed by atoms with Crippen molar-refractivity contribution in [1.82, 2.24) is 4.90 Å². The molecule has 0 saturated heterocycles. The van der Waals surface area contributed by atoms with Gasteiger partial charge in [0.2, 0.25) is 0 Å². The Morgan fingerprint density at radius 1 is 1.56 bits per heavy atom. The van der Waals surface area contributed by atoms with Gasteiger partial charge in [0.1, 0.15) is 0 Å². The van der Waals surface area contributed by atoms with E-state index in [-0.39, 0.29) is 6.10 Å². The lowest BCUT2D eigenvalue weighted by atomic mass is 10.2. The summed E-state index contributed by atoms with van der Waals surface area (Å²) >= 11 is 7.47. The zero-order chi connectivity index (χ0) is 12.0. The molecule has 0 bridgehead atoms. The second kappa shape index (κ2) is 7.25. The highest BCUT2D eigenvalue weighted by atomic mass is 35.5. The van der Waals surface area contributed by atoms with Crippen LogP contribution < -0.4 is 5.73 Å². The molecule has 0 radical (unpaired) electrons. The minimum atomic E-state index is -0.318. The molecule has 3 nitrogen and oxygen atoms in total. The minimum Gasteiger partial charge on any atom is -0.392 e. The Morgan fingerprint density at radius 2 is 2.31 bits per heavy atom. The quantitative estimate of drug-likeness (QED) is 0.785. The van der Waals surface area contributed by atoms with Gasteiger partial charge in [0, 0.05) is 18.0 Å². The van der Waals surface area contributed by atoms with Crippen LogP contribution in [0.4, 0.5) is 0 Å². The Labute approximate surface area is 106 Å². The lowest BCUT2D eigenvalue weighted by Crippen LogP contribution is -2.31. The first-order valence-electron chi connectivity index (χ1n) is 5.42. The Morgan fingerprint density at radius 3 is 2.88 bits per heavy atom. The standard InChI is InChI=1S/C11H19ClN2OS/c1-14(8-9(15)4-6-13)7-5-10-2-3-11(12)16-10/h2-3,9,15H,4-8,13H2,1H3. The number of likely N-dealkylation sites (N-methyl/N-ethyl adjacent to an activating group) is 1. The summed E-state index contributed by atoms with van der Waals surface area (Å²) in [5.41, 5.74) is 5.38.